The fourth-order valence-corrected chi connectivity index (χ4v) is 10.7. The van der Waals surface area contributed by atoms with Gasteiger partial charge in [0, 0.05) is 148 Å². The summed E-state index contributed by atoms with van der Waals surface area (Å²) in [6.07, 6.45) is 1.38. The van der Waals surface area contributed by atoms with Crippen LogP contribution in [0.5, 0.6) is 0 Å². The number of carbonyl (C=O) groups excluding carboxylic acids is 2. The van der Waals surface area contributed by atoms with Crippen LogP contribution in [0.2, 0.25) is 0 Å². The van der Waals surface area contributed by atoms with Gasteiger partial charge in [-0.3, -0.25) is 19.2 Å². The predicted molar refractivity (Wildman–Crippen MR) is 330 cm³/mol. The Morgan fingerprint density at radius 2 is 1.12 bits per heavy atom. The predicted octanol–water partition coefficient (Wildman–Crippen LogP) is 10.2. The van der Waals surface area contributed by atoms with Gasteiger partial charge in [-0.2, -0.15) is 0 Å². The number of nitrogens with one attached hydrogen (secondary N) is 2. The second-order valence-electron chi connectivity index (χ2n) is 19.1. The first-order valence-electron chi connectivity index (χ1n) is 24.6. The van der Waals surface area contributed by atoms with E-state index in [-0.39, 0.29) is 140 Å². The zero-order chi connectivity index (χ0) is 57.1. The molecular weight excluding hydrogens is 1640 g/mol. The van der Waals surface area contributed by atoms with Crippen molar-refractivity contribution in [2.75, 3.05) is 38.8 Å². The molecule has 15 nitrogen and oxygen atoms in total. The fourth-order valence-electron chi connectivity index (χ4n) is 9.40. The number of anilines is 1. The summed E-state index contributed by atoms with van der Waals surface area (Å²) in [5, 5.41) is 6.17. The van der Waals surface area contributed by atoms with Crippen molar-refractivity contribution in [2.45, 2.75) is 73.9 Å². The van der Waals surface area contributed by atoms with Gasteiger partial charge in [0.05, 0.1) is 17.0 Å². The quantitative estimate of drug-likeness (QED) is 0.0689. The Bertz CT molecular complexity index is 4090. The number of pyridine rings is 2. The summed E-state index contributed by atoms with van der Waals surface area (Å²) in [6, 6.07) is 24.0. The number of likely N-dealkylation sites (N-methyl/N-ethyl adjacent to an activating group) is 2. The number of benzene rings is 4. The number of rotatable bonds is 16. The monoisotopic (exact) mass is 1710 g/mol. The van der Waals surface area contributed by atoms with Crippen molar-refractivity contribution in [3.05, 3.63) is 210 Å². The molecule has 0 radical (unpaired) electrons. The van der Waals surface area contributed by atoms with E-state index >= 15 is 0 Å². The maximum absolute atomic E-state index is 14.9. The SMILES string of the molecule is CC(=O)Nc1cccc(-c2c(C)n(CCN(C)S(C)(=O)=O)c(=O)c3c(Cc4ccc(I)cc4F)c(C)c(=O)oc23)c1.CNCCn1c(C)c(-c2cccc(CC(C)=O)c2)c2oc(=O)c(C)c(Cc3ccc(I)cc3F)c2c1=O.[CH3-].[CH3-].[W].[W]. The summed E-state index contributed by atoms with van der Waals surface area (Å²) in [7, 11) is -0.288. The van der Waals surface area contributed by atoms with Crippen molar-refractivity contribution in [1.29, 1.82) is 0 Å². The molecule has 4 aromatic heterocycles. The van der Waals surface area contributed by atoms with E-state index in [2.05, 4.69) is 10.6 Å². The van der Waals surface area contributed by atoms with Crippen LogP contribution in [0.3, 0.4) is 0 Å². The van der Waals surface area contributed by atoms with Crippen LogP contribution in [-0.2, 0) is 94.1 Å². The van der Waals surface area contributed by atoms with Crippen LogP contribution in [0.4, 0.5) is 14.5 Å². The molecule has 0 aliphatic heterocycles. The van der Waals surface area contributed by atoms with E-state index < -0.39 is 38.5 Å². The van der Waals surface area contributed by atoms with Crippen molar-refractivity contribution < 1.29 is 77.8 Å². The van der Waals surface area contributed by atoms with Crippen LogP contribution in [0.1, 0.15) is 64.2 Å². The molecule has 4 aromatic carbocycles. The molecule has 0 saturated heterocycles. The van der Waals surface area contributed by atoms with Crippen molar-refractivity contribution in [2.24, 2.45) is 0 Å². The Kier molecular flexibility index (Phi) is 26.1. The zero-order valence-electron chi connectivity index (χ0n) is 47.2. The number of nitrogens with zero attached hydrogens (tertiary/aromatic N) is 3. The Morgan fingerprint density at radius 3 is 1.55 bits per heavy atom. The molecule has 0 aliphatic carbocycles. The molecular formula is C60H63F2I2N5O10SW2-2. The Balaban J connectivity index is 0.000000412. The van der Waals surface area contributed by atoms with E-state index in [1.165, 1.54) is 44.5 Å². The number of amides is 1. The minimum Gasteiger partial charge on any atom is -0.422 e. The molecule has 0 spiro atoms. The Labute approximate surface area is 531 Å². The number of carbonyl (C=O) groups is 2. The molecule has 22 heteroatoms. The van der Waals surface area contributed by atoms with Crippen LogP contribution in [-0.4, -0.2) is 67.0 Å². The largest absolute Gasteiger partial charge is 0.422 e. The molecule has 0 unspecified atom stereocenters. The van der Waals surface area contributed by atoms with Crippen LogP contribution < -0.4 is 33.0 Å². The number of fused-ring (bicyclic) bond motifs is 2. The third-order valence-electron chi connectivity index (χ3n) is 13.6. The Hall–Kier alpha value is -5.09. The number of ketones is 1. The van der Waals surface area contributed by atoms with E-state index in [4.69, 9.17) is 8.83 Å². The molecule has 436 valence electrons. The van der Waals surface area contributed by atoms with E-state index in [0.29, 0.717) is 72.7 Å². The van der Waals surface area contributed by atoms with Crippen molar-refractivity contribution in [1.82, 2.24) is 18.8 Å². The number of halogens is 4. The summed E-state index contributed by atoms with van der Waals surface area (Å²) in [6.45, 7) is 10.5. The average Bonchev–Trinajstić information content (AvgIpc) is 2.27. The van der Waals surface area contributed by atoms with Gasteiger partial charge in [0.2, 0.25) is 15.9 Å². The second-order valence-corrected chi connectivity index (χ2v) is 23.7. The van der Waals surface area contributed by atoms with Gasteiger partial charge in [-0.1, -0.05) is 48.5 Å². The molecule has 0 atom stereocenters. The number of hydrogen-bond donors (Lipinski definition) is 2. The van der Waals surface area contributed by atoms with E-state index in [0.717, 1.165) is 25.3 Å². The van der Waals surface area contributed by atoms with Crippen molar-refractivity contribution >= 4 is 94.5 Å². The molecule has 0 saturated carbocycles. The summed E-state index contributed by atoms with van der Waals surface area (Å²) >= 11 is 4.04. The summed E-state index contributed by atoms with van der Waals surface area (Å²) < 4.78 is 71.2. The van der Waals surface area contributed by atoms with Crippen molar-refractivity contribution in [3.8, 4) is 22.3 Å². The zero-order valence-corrected chi connectivity index (χ0v) is 58.2. The summed E-state index contributed by atoms with van der Waals surface area (Å²) in [5.74, 6) is -1.11. The minimum atomic E-state index is -3.51. The van der Waals surface area contributed by atoms with Gasteiger partial charge in [-0.15, -0.1) is 0 Å². The van der Waals surface area contributed by atoms with Gasteiger partial charge < -0.3 is 43.5 Å². The normalized spacial score (nSPS) is 11.0. The molecule has 0 bridgehead atoms. The molecule has 2 N–H and O–H groups in total. The first-order valence-corrected chi connectivity index (χ1v) is 28.6. The smallest absolute Gasteiger partial charge is 0.339 e. The van der Waals surface area contributed by atoms with Gasteiger partial charge >= 0.3 is 11.3 Å². The molecule has 1 amide bonds. The molecule has 4 heterocycles. The van der Waals surface area contributed by atoms with E-state index in [9.17, 15) is 46.0 Å². The fraction of sp³-hybridized carbons (Fsp3) is 0.267. The molecule has 82 heavy (non-hydrogen) atoms. The van der Waals surface area contributed by atoms with Gasteiger partial charge in [0.15, 0.2) is 11.2 Å². The van der Waals surface area contributed by atoms with Crippen LogP contribution in [0.15, 0.2) is 113 Å². The molecule has 8 aromatic rings. The number of hydrogen-bond acceptors (Lipinski definition) is 11. The van der Waals surface area contributed by atoms with Crippen molar-refractivity contribution in [3.63, 3.8) is 0 Å². The second kappa shape index (κ2) is 30.1. The summed E-state index contributed by atoms with van der Waals surface area (Å²) in [5.41, 5.74) is 4.85. The van der Waals surface area contributed by atoms with Crippen LogP contribution in [0, 0.1) is 61.3 Å². The first kappa shape index (κ1) is 71.2. The Morgan fingerprint density at radius 1 is 0.671 bits per heavy atom. The average molecular weight is 1710 g/mol. The molecule has 0 aliphatic rings. The number of sulfonamides is 1. The third-order valence-corrected chi connectivity index (χ3v) is 16.2. The third kappa shape index (κ3) is 16.0. The maximum atomic E-state index is 14.9. The van der Waals surface area contributed by atoms with Crippen LogP contribution >= 0.6 is 45.2 Å². The van der Waals surface area contributed by atoms with E-state index in [1.807, 2.05) is 83.4 Å². The van der Waals surface area contributed by atoms with Crippen LogP contribution in [0.25, 0.3) is 44.2 Å². The van der Waals surface area contributed by atoms with E-state index in [1.54, 1.807) is 66.9 Å². The summed E-state index contributed by atoms with van der Waals surface area (Å²) in [4.78, 5) is 77.6. The standard InChI is InChI=1S/C29H29FIN3O6S.C29H28FIN2O4.2CH3.2W/c1-16-23(14-19-9-10-21(31)15-24(19)30)26-27(40-29(16)37)25(20-7-6-8-22(13-20)32-18(3)35)17(2)34(28(26)36)12-11-33(4)41(5,38)39;1-16(34)12-19-6-5-7-21(13-19)25-18(3)33(11-10-32-4)28(35)26-23(17(2)29(36)37-27(25)26)14-20-8-9-22(31)15-24(20)30;;;;/h6-10,13,15H,11-12,14H2,1-5H3,(H,32,35);5-9,13,15,32H,10-12,14H2,1-4H3;2*1H3;;/q;;2*-1;;. The minimum absolute atomic E-state index is 0. The van der Waals surface area contributed by atoms with Gasteiger partial charge in [-0.25, -0.2) is 31.1 Å². The van der Waals surface area contributed by atoms with Gasteiger partial charge in [0.1, 0.15) is 17.4 Å². The molecule has 0 fully saturated rings. The number of aromatic nitrogens is 2. The first-order chi connectivity index (χ1) is 36.8. The molecule has 8 rings (SSSR count). The topological polar surface area (TPSA) is 200 Å². The van der Waals surface area contributed by atoms with Gasteiger partial charge in [0.25, 0.3) is 11.1 Å². The maximum Gasteiger partial charge on any atom is 0.339 e. The van der Waals surface area contributed by atoms with Gasteiger partial charge in [-0.05, 0) is 162 Å². The number of Topliss-reactive ketones (excluding diaryl/α,β-unsaturated/α-hetero) is 1.